The Hall–Kier alpha value is -1.76. The number of nitrogen functional groups attached to an aromatic ring is 1. The number of hydrogen-bond donors (Lipinski definition) is 1. The van der Waals surface area contributed by atoms with Gasteiger partial charge in [-0.2, -0.15) is 8.42 Å². The lowest BCUT2D eigenvalue weighted by molar-refractivity contribution is 0.374. The lowest BCUT2D eigenvalue weighted by Gasteiger charge is -2.30. The van der Waals surface area contributed by atoms with Gasteiger partial charge in [0.1, 0.15) is 5.84 Å². The number of piperidine rings is 1. The maximum absolute atomic E-state index is 12.9. The minimum absolute atomic E-state index is 0. The summed E-state index contributed by atoms with van der Waals surface area (Å²) in [5.41, 5.74) is 7.44. The molecule has 1 heterocycles. The maximum Gasteiger partial charge on any atom is 0.283 e. The van der Waals surface area contributed by atoms with Crippen LogP contribution in [0.1, 0.15) is 30.3 Å². The Morgan fingerprint density at radius 3 is 2.48 bits per heavy atom. The molecule has 0 amide bonds. The van der Waals surface area contributed by atoms with E-state index < -0.39 is 44.1 Å². The van der Waals surface area contributed by atoms with E-state index in [0.29, 0.717) is 37.5 Å². The average Bonchev–Trinajstić information content (AvgIpc) is 2.71. The van der Waals surface area contributed by atoms with Gasteiger partial charge < -0.3 is 10.6 Å². The summed E-state index contributed by atoms with van der Waals surface area (Å²) < 4.78 is 61.3. The van der Waals surface area contributed by atoms with Crippen molar-refractivity contribution in [2.24, 2.45) is 4.40 Å². The number of hydrogen-bond acceptors (Lipinski definition) is 3. The van der Waals surface area contributed by atoms with E-state index in [-0.39, 0.29) is 12.4 Å². The van der Waals surface area contributed by atoms with E-state index in [9.17, 15) is 8.42 Å². The van der Waals surface area contributed by atoms with Crippen molar-refractivity contribution < 1.29 is 13.9 Å². The molecule has 0 saturated carbocycles. The third-order valence-corrected chi connectivity index (χ3v) is 5.51. The van der Waals surface area contributed by atoms with Gasteiger partial charge in [-0.1, -0.05) is 23.7 Å². The first kappa shape index (κ1) is 16.2. The van der Waals surface area contributed by atoms with Crippen molar-refractivity contribution in [3.63, 3.8) is 0 Å². The highest BCUT2D eigenvalue weighted by Gasteiger charge is 2.21. The Bertz CT molecular complexity index is 1070. The second-order valence-electron chi connectivity index (χ2n) is 6.06. The lowest BCUT2D eigenvalue weighted by atomic mass is 10.1. The molecular weight excluding hydrogens is 405 g/mol. The quantitative estimate of drug-likeness (QED) is 0.720. The number of rotatable bonds is 5. The Labute approximate surface area is 177 Å². The second kappa shape index (κ2) is 9.44. The Morgan fingerprint density at radius 1 is 1.15 bits per heavy atom. The molecule has 2 aromatic rings. The summed E-state index contributed by atoms with van der Waals surface area (Å²) in [5.74, 6) is 0.364. The van der Waals surface area contributed by atoms with E-state index in [1.165, 1.54) is 0 Å². The van der Waals surface area contributed by atoms with Gasteiger partial charge in [0.15, 0.2) is 0 Å². The number of amidine groups is 1. The molecule has 1 aliphatic rings. The molecule has 0 aromatic heterocycles. The first-order valence-electron chi connectivity index (χ1n) is 10.3. The van der Waals surface area contributed by atoms with Gasteiger partial charge in [0.25, 0.3) is 10.0 Å². The number of nitrogens with zero attached hydrogens (tertiary/aromatic N) is 2. The molecule has 5 nitrogen and oxygen atoms in total. The van der Waals surface area contributed by atoms with Gasteiger partial charge in [-0.15, -0.1) is 16.8 Å². The predicted molar refractivity (Wildman–Crippen MR) is 113 cm³/mol. The summed E-state index contributed by atoms with van der Waals surface area (Å²) in [6.07, 6.45) is 2.82. The molecule has 2 N–H and O–H groups in total. The third-order valence-electron chi connectivity index (χ3n) is 4.15. The van der Waals surface area contributed by atoms with Crippen LogP contribution in [-0.4, -0.2) is 32.2 Å². The maximum atomic E-state index is 12.9. The zero-order valence-electron chi connectivity index (χ0n) is 18.5. The van der Waals surface area contributed by atoms with Crippen LogP contribution in [0.25, 0.3) is 0 Å². The van der Waals surface area contributed by atoms with Crippen LogP contribution < -0.4 is 5.73 Å². The van der Waals surface area contributed by atoms with Gasteiger partial charge in [-0.3, -0.25) is 0 Å². The first-order chi connectivity index (χ1) is 14.1. The van der Waals surface area contributed by atoms with Crippen molar-refractivity contribution in [3.05, 3.63) is 59.0 Å². The fourth-order valence-corrected chi connectivity index (χ4v) is 3.79. The highest BCUT2D eigenvalue weighted by Crippen LogP contribution is 2.20. The number of likely N-dealkylation sites (tertiary alicyclic amines) is 1. The van der Waals surface area contributed by atoms with E-state index >= 15 is 0 Å². The van der Waals surface area contributed by atoms with Crippen LogP contribution in [0.3, 0.4) is 0 Å². The minimum Gasteiger partial charge on any atom is -0.399 e. The molecule has 8 heteroatoms. The molecule has 0 spiro atoms. The highest BCUT2D eigenvalue weighted by molar-refractivity contribution is 7.90. The van der Waals surface area contributed by atoms with Crippen molar-refractivity contribution in [2.75, 3.05) is 18.8 Å². The fraction of sp³-hybridized carbons (Fsp3) is 0.316. The number of benzene rings is 2. The molecule has 0 radical (unpaired) electrons. The zero-order chi connectivity index (χ0) is 22.1. The minimum atomic E-state index is -4.45. The predicted octanol–water partition coefficient (Wildman–Crippen LogP) is 4.16. The van der Waals surface area contributed by atoms with Crippen molar-refractivity contribution in [3.8, 4) is 0 Å². The smallest absolute Gasteiger partial charge is 0.283 e. The van der Waals surface area contributed by atoms with E-state index in [1.54, 1.807) is 0 Å². The average molecular weight is 432 g/mol. The molecule has 0 unspecified atom stereocenters. The summed E-state index contributed by atoms with van der Waals surface area (Å²) in [6.45, 7) is 1.21. The van der Waals surface area contributed by atoms with E-state index in [4.69, 9.17) is 22.8 Å². The van der Waals surface area contributed by atoms with Crippen molar-refractivity contribution in [2.45, 2.75) is 30.6 Å². The van der Waals surface area contributed by atoms with Crippen LogP contribution in [-0.2, 0) is 16.4 Å². The van der Waals surface area contributed by atoms with Crippen LogP contribution in [0, 0.1) is 0 Å². The van der Waals surface area contributed by atoms with Crippen LogP contribution in [0.5, 0.6) is 0 Å². The first-order valence-corrected chi connectivity index (χ1v) is 10.1. The summed E-state index contributed by atoms with van der Waals surface area (Å²) in [5, 5.41) is -0.417. The normalized spacial score (nSPS) is 18.3. The molecule has 146 valence electrons. The van der Waals surface area contributed by atoms with Crippen LogP contribution in [0.4, 0.5) is 5.69 Å². The van der Waals surface area contributed by atoms with Gasteiger partial charge >= 0.3 is 0 Å². The Morgan fingerprint density at radius 2 is 1.81 bits per heavy atom. The molecular formula is C19H23Cl2N3O2S. The number of halogens is 2. The van der Waals surface area contributed by atoms with Gasteiger partial charge in [0, 0.05) is 30.2 Å². The summed E-state index contributed by atoms with van der Waals surface area (Å²) in [6, 6.07) is 4.85. The second-order valence-corrected chi connectivity index (χ2v) is 7.98. The van der Waals surface area contributed by atoms with Gasteiger partial charge in [-0.05, 0) is 61.1 Å². The molecule has 27 heavy (non-hydrogen) atoms. The van der Waals surface area contributed by atoms with Crippen LogP contribution in [0.2, 0.25) is 5.02 Å². The number of nitrogens with two attached hydrogens (primary N) is 1. The number of sulfonamides is 1. The van der Waals surface area contributed by atoms with Gasteiger partial charge in [0.05, 0.1) is 10.4 Å². The Kier molecular flexibility index (Phi) is 5.67. The summed E-state index contributed by atoms with van der Waals surface area (Å²) >= 11 is 5.77. The molecule has 0 bridgehead atoms. The van der Waals surface area contributed by atoms with E-state index in [2.05, 4.69) is 4.40 Å². The van der Waals surface area contributed by atoms with Crippen molar-refractivity contribution >= 4 is 45.6 Å². The van der Waals surface area contributed by atoms with Crippen molar-refractivity contribution in [1.82, 2.24) is 4.90 Å². The molecule has 3 rings (SSSR count). The lowest BCUT2D eigenvalue weighted by Crippen LogP contribution is -2.37. The number of anilines is 1. The largest absolute Gasteiger partial charge is 0.399 e. The fourth-order valence-electron chi connectivity index (χ4n) is 2.76. The molecule has 1 saturated heterocycles. The summed E-state index contributed by atoms with van der Waals surface area (Å²) in [4.78, 5) is 1.14. The SMILES string of the molecule is Cl.[2H]c1c([2H])c(S(=O)(=O)/N=C2/CCCCN2CCc2ccc(N)cc2)c([2H])c([2H])c1Cl. The van der Waals surface area contributed by atoms with Crippen LogP contribution >= 0.6 is 24.0 Å². The standard InChI is InChI=1S/C19H22ClN3O2S.ClH/c20-16-6-10-18(11-7-16)26(24,25)22-19-3-1-2-13-23(19)14-12-15-4-8-17(21)9-5-15;/h4-11H,1-3,12-14,21H2;1H/b22-19-;/i6D,7D,10D,11D;. The molecule has 0 atom stereocenters. The highest BCUT2D eigenvalue weighted by atomic mass is 35.5. The topological polar surface area (TPSA) is 75.8 Å². The third kappa shape index (κ3) is 5.86. The van der Waals surface area contributed by atoms with E-state index in [1.807, 2.05) is 29.2 Å². The molecule has 1 fully saturated rings. The van der Waals surface area contributed by atoms with Crippen LogP contribution in [0.15, 0.2) is 57.7 Å². The molecule has 1 aliphatic heterocycles. The molecule has 0 aliphatic carbocycles. The molecule has 2 aromatic carbocycles. The van der Waals surface area contributed by atoms with Gasteiger partial charge in [-0.25, -0.2) is 0 Å². The Balaban J connectivity index is 0.00000341. The zero-order valence-corrected chi connectivity index (χ0v) is 16.9. The summed E-state index contributed by atoms with van der Waals surface area (Å²) in [7, 11) is -4.45. The van der Waals surface area contributed by atoms with E-state index in [0.717, 1.165) is 18.4 Å². The van der Waals surface area contributed by atoms with Crippen molar-refractivity contribution in [1.29, 1.82) is 0 Å². The van der Waals surface area contributed by atoms with Gasteiger partial charge in [0.2, 0.25) is 0 Å². The monoisotopic (exact) mass is 431 g/mol.